The first-order valence-corrected chi connectivity index (χ1v) is 6.26. The number of nitrogens with one attached hydrogen (secondary N) is 1. The van der Waals surface area contributed by atoms with Gasteiger partial charge in [0.1, 0.15) is 0 Å². The molecule has 0 bridgehead atoms. The summed E-state index contributed by atoms with van der Waals surface area (Å²) in [6.45, 7) is 10.4. The predicted octanol–water partition coefficient (Wildman–Crippen LogP) is 2.00. The Labute approximate surface area is 98.7 Å². The zero-order chi connectivity index (χ0) is 11.4. The highest BCUT2D eigenvalue weighted by Crippen LogP contribution is 2.20. The minimum Gasteiger partial charge on any atom is -0.314 e. The first-order chi connectivity index (χ1) is 7.77. The zero-order valence-corrected chi connectivity index (χ0v) is 10.4. The molecule has 1 N–H and O–H groups in total. The van der Waals surface area contributed by atoms with Gasteiger partial charge in [0.25, 0.3) is 0 Å². The van der Waals surface area contributed by atoms with E-state index in [9.17, 15) is 0 Å². The average molecular weight is 218 g/mol. The van der Waals surface area contributed by atoms with Crippen molar-refractivity contribution in [2.24, 2.45) is 0 Å². The Morgan fingerprint density at radius 1 is 1.25 bits per heavy atom. The molecule has 2 nitrogen and oxygen atoms in total. The van der Waals surface area contributed by atoms with Crippen LogP contribution in [0.5, 0.6) is 0 Å². The van der Waals surface area contributed by atoms with Gasteiger partial charge in [0.05, 0.1) is 0 Å². The second-order valence-corrected chi connectivity index (χ2v) is 4.81. The summed E-state index contributed by atoms with van der Waals surface area (Å²) < 4.78 is 0. The Bertz CT molecular complexity index is 329. The molecule has 0 saturated carbocycles. The van der Waals surface area contributed by atoms with E-state index in [2.05, 4.69) is 48.3 Å². The van der Waals surface area contributed by atoms with Gasteiger partial charge < -0.3 is 10.2 Å². The fraction of sp³-hybridized carbons (Fsp3) is 0.571. The molecule has 0 radical (unpaired) electrons. The van der Waals surface area contributed by atoms with Crippen molar-refractivity contribution < 1.29 is 0 Å². The van der Waals surface area contributed by atoms with Gasteiger partial charge in [-0.15, -0.1) is 0 Å². The van der Waals surface area contributed by atoms with E-state index in [1.807, 2.05) is 0 Å². The number of hydrogen-bond acceptors (Lipinski definition) is 2. The van der Waals surface area contributed by atoms with Crippen molar-refractivity contribution in [3.05, 3.63) is 35.4 Å². The van der Waals surface area contributed by atoms with E-state index >= 15 is 0 Å². The lowest BCUT2D eigenvalue weighted by molar-refractivity contribution is 0.230. The summed E-state index contributed by atoms with van der Waals surface area (Å²) in [6.07, 6.45) is 0. The first kappa shape index (κ1) is 11.6. The van der Waals surface area contributed by atoms with Crippen LogP contribution < -0.4 is 5.32 Å². The molecule has 1 aromatic rings. The molecular formula is C14H22N2. The van der Waals surface area contributed by atoms with Crippen LogP contribution in [0.1, 0.15) is 24.0 Å². The number of aryl methyl sites for hydroxylation is 1. The van der Waals surface area contributed by atoms with Crippen LogP contribution in [-0.4, -0.2) is 37.6 Å². The maximum atomic E-state index is 3.40. The molecule has 1 heterocycles. The molecule has 1 aliphatic heterocycles. The highest BCUT2D eigenvalue weighted by Gasteiger charge is 2.15. The van der Waals surface area contributed by atoms with Crippen molar-refractivity contribution in [2.45, 2.75) is 19.8 Å². The Morgan fingerprint density at radius 2 is 1.94 bits per heavy atom. The summed E-state index contributed by atoms with van der Waals surface area (Å²) in [7, 11) is 0. The van der Waals surface area contributed by atoms with E-state index in [4.69, 9.17) is 0 Å². The van der Waals surface area contributed by atoms with Crippen molar-refractivity contribution in [3.8, 4) is 0 Å². The summed E-state index contributed by atoms with van der Waals surface area (Å²) in [6, 6.07) is 8.75. The Morgan fingerprint density at radius 3 is 2.62 bits per heavy atom. The molecule has 2 heteroatoms. The lowest BCUT2D eigenvalue weighted by atomic mass is 9.96. The summed E-state index contributed by atoms with van der Waals surface area (Å²) >= 11 is 0. The first-order valence-electron chi connectivity index (χ1n) is 6.26. The summed E-state index contributed by atoms with van der Waals surface area (Å²) in [5.41, 5.74) is 2.92. The van der Waals surface area contributed by atoms with Crippen molar-refractivity contribution in [1.82, 2.24) is 10.2 Å². The molecule has 2 rings (SSSR count). The van der Waals surface area contributed by atoms with Crippen LogP contribution in [0.3, 0.4) is 0 Å². The fourth-order valence-electron chi connectivity index (χ4n) is 2.52. The van der Waals surface area contributed by atoms with Crippen molar-refractivity contribution >= 4 is 0 Å². The van der Waals surface area contributed by atoms with E-state index < -0.39 is 0 Å². The topological polar surface area (TPSA) is 15.3 Å². The normalized spacial score (nSPS) is 19.6. The third kappa shape index (κ3) is 2.83. The quantitative estimate of drug-likeness (QED) is 0.835. The molecular weight excluding hydrogens is 196 g/mol. The molecule has 16 heavy (non-hydrogen) atoms. The molecule has 1 aromatic carbocycles. The molecule has 1 atom stereocenters. The van der Waals surface area contributed by atoms with E-state index in [0.29, 0.717) is 5.92 Å². The van der Waals surface area contributed by atoms with Gasteiger partial charge in [0, 0.05) is 32.7 Å². The molecule has 1 aliphatic rings. The van der Waals surface area contributed by atoms with Crippen molar-refractivity contribution in [1.29, 1.82) is 0 Å². The van der Waals surface area contributed by atoms with Gasteiger partial charge in [0.2, 0.25) is 0 Å². The molecule has 1 fully saturated rings. The molecule has 1 unspecified atom stereocenters. The van der Waals surface area contributed by atoms with Crippen molar-refractivity contribution in [3.63, 3.8) is 0 Å². The number of rotatable bonds is 3. The second-order valence-electron chi connectivity index (χ2n) is 4.81. The van der Waals surface area contributed by atoms with Crippen LogP contribution in [0.25, 0.3) is 0 Å². The molecule has 88 valence electrons. The number of hydrogen-bond donors (Lipinski definition) is 1. The Kier molecular flexibility index (Phi) is 3.97. The van der Waals surface area contributed by atoms with Gasteiger partial charge in [-0.3, -0.25) is 0 Å². The smallest absolute Gasteiger partial charge is 0.0108 e. The Balaban J connectivity index is 1.96. The summed E-state index contributed by atoms with van der Waals surface area (Å²) in [5.74, 6) is 0.638. The lowest BCUT2D eigenvalue weighted by Gasteiger charge is -2.30. The maximum absolute atomic E-state index is 3.40. The van der Waals surface area contributed by atoms with Crippen molar-refractivity contribution in [2.75, 3.05) is 32.7 Å². The molecule has 0 aliphatic carbocycles. The van der Waals surface area contributed by atoms with Gasteiger partial charge >= 0.3 is 0 Å². The van der Waals surface area contributed by atoms with Gasteiger partial charge in [-0.1, -0.05) is 31.2 Å². The average Bonchev–Trinajstić information content (AvgIpc) is 2.31. The van der Waals surface area contributed by atoms with Crippen LogP contribution in [0.15, 0.2) is 24.3 Å². The Hall–Kier alpha value is -0.860. The van der Waals surface area contributed by atoms with E-state index in [1.54, 1.807) is 0 Å². The molecule has 0 aromatic heterocycles. The highest BCUT2D eigenvalue weighted by atomic mass is 15.2. The zero-order valence-electron chi connectivity index (χ0n) is 10.4. The molecule has 1 saturated heterocycles. The van der Waals surface area contributed by atoms with Gasteiger partial charge in [-0.2, -0.15) is 0 Å². The van der Waals surface area contributed by atoms with Gasteiger partial charge in [0.15, 0.2) is 0 Å². The van der Waals surface area contributed by atoms with E-state index in [0.717, 1.165) is 13.1 Å². The van der Waals surface area contributed by atoms with Crippen LogP contribution >= 0.6 is 0 Å². The van der Waals surface area contributed by atoms with Crippen LogP contribution in [0, 0.1) is 6.92 Å². The monoisotopic (exact) mass is 218 g/mol. The van der Waals surface area contributed by atoms with Crippen LogP contribution in [0.4, 0.5) is 0 Å². The summed E-state index contributed by atoms with van der Waals surface area (Å²) in [4.78, 5) is 2.56. The minimum atomic E-state index is 0.638. The third-order valence-corrected chi connectivity index (χ3v) is 3.46. The molecule has 0 spiro atoms. The standard InChI is InChI=1S/C14H22N2/c1-12-5-3-4-6-14(12)13(2)11-16-9-7-15-8-10-16/h3-6,13,15H,7-11H2,1-2H3. The largest absolute Gasteiger partial charge is 0.314 e. The van der Waals surface area contributed by atoms with Crippen LogP contribution in [0.2, 0.25) is 0 Å². The van der Waals surface area contributed by atoms with Gasteiger partial charge in [-0.25, -0.2) is 0 Å². The van der Waals surface area contributed by atoms with E-state index in [1.165, 1.54) is 30.8 Å². The van der Waals surface area contributed by atoms with Crippen LogP contribution in [-0.2, 0) is 0 Å². The van der Waals surface area contributed by atoms with Gasteiger partial charge in [-0.05, 0) is 24.0 Å². The predicted molar refractivity (Wildman–Crippen MR) is 68.9 cm³/mol. The molecule has 0 amide bonds. The van der Waals surface area contributed by atoms with E-state index in [-0.39, 0.29) is 0 Å². The number of piperazine rings is 1. The summed E-state index contributed by atoms with van der Waals surface area (Å²) in [5, 5.41) is 3.40. The lowest BCUT2D eigenvalue weighted by Crippen LogP contribution is -2.44. The number of nitrogens with zero attached hydrogens (tertiary/aromatic N) is 1. The SMILES string of the molecule is Cc1ccccc1C(C)CN1CCNCC1. The highest BCUT2D eigenvalue weighted by molar-refractivity contribution is 5.28. The fourth-order valence-corrected chi connectivity index (χ4v) is 2.52. The second kappa shape index (κ2) is 5.46. The third-order valence-electron chi connectivity index (χ3n) is 3.46. The minimum absolute atomic E-state index is 0.638. The number of benzene rings is 1. The maximum Gasteiger partial charge on any atom is 0.0108 e.